The van der Waals surface area contributed by atoms with Gasteiger partial charge in [-0.15, -0.1) is 44.8 Å². The second-order valence-electron chi connectivity index (χ2n) is 25.5. The Morgan fingerprint density at radius 3 is 1.36 bits per heavy atom. The Kier molecular flexibility index (Phi) is 13.1. The van der Waals surface area contributed by atoms with E-state index < -0.39 is 11.9 Å². The van der Waals surface area contributed by atoms with Gasteiger partial charge >= 0.3 is 6.18 Å². The maximum absolute atomic E-state index is 12.2. The van der Waals surface area contributed by atoms with Crippen molar-refractivity contribution in [3.05, 3.63) is 313 Å². The molecule has 467 valence electrons. The van der Waals surface area contributed by atoms with Crippen molar-refractivity contribution in [2.45, 2.75) is 31.9 Å². The molecule has 4 aliphatic carbocycles. The number of hydrogen-bond donors (Lipinski definition) is 0. The van der Waals surface area contributed by atoms with Crippen LogP contribution in [0, 0.1) is 24.8 Å². The van der Waals surface area contributed by atoms with Crippen LogP contribution in [0.4, 0.5) is 13.2 Å². The largest absolute Gasteiger partial charge is 0.573 e. The van der Waals surface area contributed by atoms with Gasteiger partial charge in [-0.3, -0.25) is 14.1 Å². The number of benzene rings is 14. The van der Waals surface area contributed by atoms with E-state index in [0.717, 1.165) is 76.6 Å². The second kappa shape index (κ2) is 22.2. The topological polar surface area (TPSA) is 57.5 Å². The predicted molar refractivity (Wildman–Crippen MR) is 384 cm³/mol. The summed E-state index contributed by atoms with van der Waals surface area (Å²) in [5.74, 6) is 0. The summed E-state index contributed by atoms with van der Waals surface area (Å²) in [6.07, 6.45) is 22.5. The number of allylic oxidation sites excluding steroid dienone is 6. The molecule has 0 aliphatic heterocycles. The number of para-hydroxylation sites is 4. The fourth-order valence-corrected chi connectivity index (χ4v) is 15.9. The Labute approximate surface area is 573 Å². The van der Waals surface area contributed by atoms with Crippen molar-refractivity contribution in [1.29, 1.82) is 0 Å². The molecule has 7 nitrogen and oxygen atoms in total. The SMILES string of the molecule is FC(F)(F)c1cc(-c2ccccn2)[n-]n1.[Ir].[c-]1cc2c3c4c(ccc3c1-n1[c-][n+](-c3ccc5ccc6cccc7ccc3c5c67)c3ccccc31)C=CCC4=CC2.[c-]1cc2c3c4c(ccc3c1-n1[c-][n+](-c3ccc5ccc6cccc7ccc3c5c67)c3ccccc31)C=CCC4=CC2. The minimum Gasteiger partial charge on any atom is -0.573 e. The number of nitrogens with zero attached hydrogens (tertiary/aromatic N) is 7. The molecule has 0 spiro atoms. The van der Waals surface area contributed by atoms with Crippen LogP contribution in [0.3, 0.4) is 0 Å². The molecule has 98 heavy (non-hydrogen) atoms. The molecule has 1 radical (unpaired) electrons. The fourth-order valence-electron chi connectivity index (χ4n) is 15.9. The summed E-state index contributed by atoms with van der Waals surface area (Å²) in [5.41, 5.74) is 19.4. The van der Waals surface area contributed by atoms with E-state index >= 15 is 0 Å². The summed E-state index contributed by atoms with van der Waals surface area (Å²) >= 11 is 0. The Balaban J connectivity index is 0.000000113. The second-order valence-corrected chi connectivity index (χ2v) is 25.5. The van der Waals surface area contributed by atoms with E-state index in [-0.39, 0.29) is 25.8 Å². The Hall–Kier alpha value is -11.6. The van der Waals surface area contributed by atoms with Crippen LogP contribution in [0.15, 0.2) is 249 Å². The smallest absolute Gasteiger partial charge is 0.431 e. The molecule has 0 unspecified atom stereocenters. The fraction of sp³-hybridized carbons (Fsp3) is 0.0575. The van der Waals surface area contributed by atoms with E-state index in [1.165, 1.54) is 137 Å². The quantitative estimate of drug-likeness (QED) is 0.0980. The number of hydrogen-bond acceptors (Lipinski definition) is 2. The maximum Gasteiger partial charge on any atom is 0.431 e. The van der Waals surface area contributed by atoms with Crippen LogP contribution in [0.5, 0.6) is 0 Å². The van der Waals surface area contributed by atoms with E-state index in [2.05, 4.69) is 289 Å². The number of fused-ring (bicyclic) bond motifs is 2. The van der Waals surface area contributed by atoms with Crippen molar-refractivity contribution < 1.29 is 42.4 Å². The molecule has 4 heterocycles. The molecule has 18 aromatic rings. The van der Waals surface area contributed by atoms with Crippen LogP contribution in [0.1, 0.15) is 51.9 Å². The first-order valence-corrected chi connectivity index (χ1v) is 32.7. The van der Waals surface area contributed by atoms with Gasteiger partial charge < -0.3 is 19.3 Å². The Morgan fingerprint density at radius 2 is 0.888 bits per heavy atom. The van der Waals surface area contributed by atoms with E-state index in [1.807, 2.05) is 0 Å². The van der Waals surface area contributed by atoms with Crippen molar-refractivity contribution >= 4 is 132 Å². The molecule has 0 saturated carbocycles. The normalized spacial score (nSPS) is 13.7. The van der Waals surface area contributed by atoms with Crippen LogP contribution in [-0.2, 0) is 39.1 Å². The molecule has 4 aromatic heterocycles. The van der Waals surface area contributed by atoms with Crippen LogP contribution in [0.2, 0.25) is 0 Å². The van der Waals surface area contributed by atoms with Crippen molar-refractivity contribution in [1.82, 2.24) is 24.3 Å². The molecule has 4 aliphatic rings. The summed E-state index contributed by atoms with van der Waals surface area (Å²) in [7, 11) is 0. The average molecular weight is 1440 g/mol. The van der Waals surface area contributed by atoms with Gasteiger partial charge in [-0.05, 0) is 153 Å². The summed E-state index contributed by atoms with van der Waals surface area (Å²) in [5, 5.41) is 27.1. The van der Waals surface area contributed by atoms with E-state index in [1.54, 1.807) is 18.2 Å². The standard InChI is InChI=1S/2C39H23N2.C9H5F3N3.Ir/c2*1-2-10-35-34(9-1)40(32-21-17-28-13-11-24-5-3-7-26-15-19-30(32)38(28)36(24)26)23-41(35)33-22-18-29-14-12-25-6-4-8-27-16-20-31(33)39(29)37(25)27;10-9(11,12)8-5-7(14-15-8)6-3-1-2-4-13-6;/h2*1-5,7-13,15-21H,6,14H2;1-5H;/q3*-1;. The van der Waals surface area contributed by atoms with Crippen LogP contribution in [0.25, 0.3) is 166 Å². The van der Waals surface area contributed by atoms with Gasteiger partial charge in [0.05, 0.1) is 33.4 Å². The van der Waals surface area contributed by atoms with E-state index in [4.69, 9.17) is 0 Å². The number of imidazole rings is 2. The zero-order chi connectivity index (χ0) is 64.2. The molecule has 0 N–H and O–H groups in total. The van der Waals surface area contributed by atoms with Crippen LogP contribution < -0.4 is 14.2 Å². The van der Waals surface area contributed by atoms with E-state index in [9.17, 15) is 13.2 Å². The molecule has 11 heteroatoms. The van der Waals surface area contributed by atoms with Crippen molar-refractivity contribution in [3.8, 4) is 34.1 Å². The zero-order valence-electron chi connectivity index (χ0n) is 52.3. The molecule has 0 atom stereocenters. The van der Waals surface area contributed by atoms with Gasteiger partial charge in [0.15, 0.2) is 0 Å². The molecular formula is C87H51F3IrN7-3. The number of pyridine rings is 1. The van der Waals surface area contributed by atoms with Crippen molar-refractivity contribution in [2.75, 3.05) is 0 Å². The minimum atomic E-state index is -4.46. The van der Waals surface area contributed by atoms with Gasteiger partial charge in [-0.2, -0.15) is 37.4 Å². The molecule has 0 fully saturated rings. The summed E-state index contributed by atoms with van der Waals surface area (Å²) in [6.45, 7) is 0. The third-order valence-electron chi connectivity index (χ3n) is 20.3. The van der Waals surface area contributed by atoms with Gasteiger partial charge in [0.1, 0.15) is 5.69 Å². The Bertz CT molecular complexity index is 6120. The van der Waals surface area contributed by atoms with E-state index in [0.29, 0.717) is 5.69 Å². The molecule has 22 rings (SSSR count). The van der Waals surface area contributed by atoms with Gasteiger partial charge in [-0.1, -0.05) is 219 Å². The number of halogens is 3. The summed E-state index contributed by atoms with van der Waals surface area (Å²) in [4.78, 5) is 3.87. The van der Waals surface area contributed by atoms with Crippen molar-refractivity contribution in [2.24, 2.45) is 0 Å². The van der Waals surface area contributed by atoms with Crippen molar-refractivity contribution in [3.63, 3.8) is 0 Å². The van der Waals surface area contributed by atoms with Gasteiger partial charge in [0, 0.05) is 32.0 Å². The molecule has 0 saturated heterocycles. The van der Waals surface area contributed by atoms with Crippen LogP contribution in [-0.4, -0.2) is 19.2 Å². The van der Waals surface area contributed by atoms with Gasteiger partial charge in [0.25, 0.3) is 12.7 Å². The third-order valence-corrected chi connectivity index (χ3v) is 20.3. The van der Waals surface area contributed by atoms with Gasteiger partial charge in [0.2, 0.25) is 0 Å². The molecular weight excluding hydrogens is 1390 g/mol. The summed E-state index contributed by atoms with van der Waals surface area (Å²) in [6, 6.07) is 84.2. The average Bonchev–Trinajstić information content (AvgIpc) is 1.33. The minimum absolute atomic E-state index is 0. The Morgan fingerprint density at radius 1 is 0.439 bits per heavy atom. The molecule has 0 bridgehead atoms. The summed E-state index contributed by atoms with van der Waals surface area (Å²) < 4.78 is 45.5. The number of rotatable bonds is 5. The zero-order valence-corrected chi connectivity index (χ0v) is 54.6. The predicted octanol–water partition coefficient (Wildman–Crippen LogP) is 19.9. The first kappa shape index (κ1) is 57.8. The first-order chi connectivity index (χ1) is 47.7. The number of aromatic nitrogens is 7. The van der Waals surface area contributed by atoms with Gasteiger partial charge in [-0.25, -0.2) is 0 Å². The molecule has 0 amide bonds. The number of alkyl halides is 3. The molecule has 14 aromatic carbocycles. The third kappa shape index (κ3) is 8.86. The maximum atomic E-state index is 12.2. The first-order valence-electron chi connectivity index (χ1n) is 32.7. The monoisotopic (exact) mass is 1440 g/mol. The van der Waals surface area contributed by atoms with Crippen LogP contribution >= 0.6 is 0 Å².